The van der Waals surface area contributed by atoms with Crippen molar-refractivity contribution >= 4 is 0 Å². The van der Waals surface area contributed by atoms with Crippen molar-refractivity contribution in [1.82, 2.24) is 0 Å². The number of benzene rings is 1. The maximum Gasteiger partial charge on any atom is 0.203 e. The summed E-state index contributed by atoms with van der Waals surface area (Å²) < 4.78 is 16.6. The molecular weight excluding hydrogens is 294 g/mol. The number of fused-ring (bicyclic) bond motifs is 1. The van der Waals surface area contributed by atoms with Gasteiger partial charge >= 0.3 is 0 Å². The molecule has 1 saturated heterocycles. The topological polar surface area (TPSA) is 64.5 Å². The quantitative estimate of drug-likeness (QED) is 0.884. The first kappa shape index (κ1) is 16.4. The van der Waals surface area contributed by atoms with Crippen LogP contribution in [0.1, 0.15) is 43.7 Å². The first-order valence-electron chi connectivity index (χ1n) is 8.49. The molecule has 3 N–H and O–H groups in total. The molecule has 2 fully saturated rings. The Balaban J connectivity index is 2.03. The SMILES string of the molecule is COc1ccc([C@H]2[NH2+]CC[C@@]3(O)CCCC[C@@H]23)c(OC)c1OC. The number of nitrogens with two attached hydrogens (primary N) is 1. The van der Waals surface area contributed by atoms with Gasteiger partial charge < -0.3 is 24.6 Å². The van der Waals surface area contributed by atoms with Crippen LogP contribution >= 0.6 is 0 Å². The maximum atomic E-state index is 11.1. The molecule has 5 heteroatoms. The summed E-state index contributed by atoms with van der Waals surface area (Å²) in [5.74, 6) is 2.29. The molecule has 1 saturated carbocycles. The Hall–Kier alpha value is -1.46. The number of rotatable bonds is 4. The lowest BCUT2D eigenvalue weighted by Gasteiger charge is -2.46. The van der Waals surface area contributed by atoms with Crippen LogP contribution in [0.4, 0.5) is 0 Å². The van der Waals surface area contributed by atoms with Crippen LogP contribution in [0.15, 0.2) is 12.1 Å². The van der Waals surface area contributed by atoms with Crippen LogP contribution in [-0.2, 0) is 0 Å². The average Bonchev–Trinajstić information content (AvgIpc) is 2.59. The van der Waals surface area contributed by atoms with Gasteiger partial charge in [-0.15, -0.1) is 0 Å². The molecule has 23 heavy (non-hydrogen) atoms. The minimum Gasteiger partial charge on any atom is -0.493 e. The van der Waals surface area contributed by atoms with Gasteiger partial charge in [-0.3, -0.25) is 0 Å². The van der Waals surface area contributed by atoms with Crippen LogP contribution in [0.5, 0.6) is 17.2 Å². The molecular formula is C18H28NO4+. The van der Waals surface area contributed by atoms with Gasteiger partial charge in [-0.1, -0.05) is 12.8 Å². The fraction of sp³-hybridized carbons (Fsp3) is 0.667. The maximum absolute atomic E-state index is 11.1. The van der Waals surface area contributed by atoms with Gasteiger partial charge in [-0.25, -0.2) is 0 Å². The van der Waals surface area contributed by atoms with Crippen LogP contribution in [0.3, 0.4) is 0 Å². The molecule has 0 amide bonds. The highest BCUT2D eigenvalue weighted by Crippen LogP contribution is 2.48. The summed E-state index contributed by atoms with van der Waals surface area (Å²) >= 11 is 0. The number of aliphatic hydroxyl groups is 1. The molecule has 1 heterocycles. The largest absolute Gasteiger partial charge is 0.493 e. The molecule has 5 nitrogen and oxygen atoms in total. The number of hydrogen-bond donors (Lipinski definition) is 2. The number of ether oxygens (including phenoxy) is 3. The molecule has 0 bridgehead atoms. The van der Waals surface area contributed by atoms with E-state index in [-0.39, 0.29) is 12.0 Å². The van der Waals surface area contributed by atoms with Crippen LogP contribution in [0.2, 0.25) is 0 Å². The number of quaternary nitrogens is 1. The van der Waals surface area contributed by atoms with Crippen molar-refractivity contribution in [2.24, 2.45) is 5.92 Å². The molecule has 1 aliphatic heterocycles. The highest BCUT2D eigenvalue weighted by Gasteiger charge is 2.49. The van der Waals surface area contributed by atoms with Crippen molar-refractivity contribution in [1.29, 1.82) is 0 Å². The number of hydrogen-bond acceptors (Lipinski definition) is 4. The molecule has 0 spiro atoms. The molecule has 0 unspecified atom stereocenters. The second-order valence-corrected chi connectivity index (χ2v) is 6.68. The first-order chi connectivity index (χ1) is 11.1. The zero-order valence-electron chi connectivity index (χ0n) is 14.3. The van der Waals surface area contributed by atoms with E-state index in [4.69, 9.17) is 14.2 Å². The van der Waals surface area contributed by atoms with E-state index < -0.39 is 5.60 Å². The van der Waals surface area contributed by atoms with Crippen LogP contribution in [0.25, 0.3) is 0 Å². The lowest BCUT2D eigenvalue weighted by molar-refractivity contribution is -0.719. The summed E-state index contributed by atoms with van der Waals surface area (Å²) in [4.78, 5) is 0. The molecule has 128 valence electrons. The monoisotopic (exact) mass is 322 g/mol. The van der Waals surface area contributed by atoms with Gasteiger partial charge in [0.2, 0.25) is 5.75 Å². The van der Waals surface area contributed by atoms with Crippen LogP contribution in [0, 0.1) is 5.92 Å². The Morgan fingerprint density at radius 3 is 2.52 bits per heavy atom. The fourth-order valence-corrected chi connectivity index (χ4v) is 4.48. The first-order valence-corrected chi connectivity index (χ1v) is 8.49. The van der Waals surface area contributed by atoms with E-state index in [0.29, 0.717) is 11.5 Å². The van der Waals surface area contributed by atoms with E-state index in [1.165, 1.54) is 6.42 Å². The Bertz CT molecular complexity index is 558. The van der Waals surface area contributed by atoms with E-state index in [9.17, 15) is 5.11 Å². The smallest absolute Gasteiger partial charge is 0.203 e. The summed E-state index contributed by atoms with van der Waals surface area (Å²) in [6.45, 7) is 0.940. The Morgan fingerprint density at radius 2 is 1.83 bits per heavy atom. The molecule has 2 aliphatic rings. The molecule has 0 radical (unpaired) electrons. The summed E-state index contributed by atoms with van der Waals surface area (Å²) in [5.41, 5.74) is 0.561. The number of piperidine rings is 1. The molecule has 1 aromatic carbocycles. The Morgan fingerprint density at radius 1 is 1.04 bits per heavy atom. The van der Waals surface area contributed by atoms with Crippen molar-refractivity contribution < 1.29 is 24.6 Å². The predicted octanol–water partition coefficient (Wildman–Crippen LogP) is 1.64. The van der Waals surface area contributed by atoms with Crippen LogP contribution in [-0.4, -0.2) is 38.6 Å². The van der Waals surface area contributed by atoms with Crippen molar-refractivity contribution in [3.05, 3.63) is 17.7 Å². The van der Waals surface area contributed by atoms with Gasteiger partial charge in [0, 0.05) is 12.3 Å². The lowest BCUT2D eigenvalue weighted by atomic mass is 9.66. The summed E-state index contributed by atoms with van der Waals surface area (Å²) in [6.07, 6.45) is 5.17. The van der Waals surface area contributed by atoms with Gasteiger partial charge in [-0.05, 0) is 25.0 Å². The van der Waals surface area contributed by atoms with E-state index >= 15 is 0 Å². The normalized spacial score (nSPS) is 30.4. The third-order valence-electron chi connectivity index (χ3n) is 5.59. The standard InChI is InChI=1S/C18H27NO4/c1-21-14-8-7-12(16(22-2)17(14)23-3)15-13-6-4-5-9-18(13,20)10-11-19-15/h7-8,13,15,19-20H,4-6,9-11H2,1-3H3/p+1/t13-,15+,18-/m0/s1. The fourth-order valence-electron chi connectivity index (χ4n) is 4.48. The summed E-state index contributed by atoms with van der Waals surface area (Å²) in [6, 6.07) is 4.19. The van der Waals surface area contributed by atoms with Gasteiger partial charge in [0.1, 0.15) is 6.04 Å². The minimum absolute atomic E-state index is 0.198. The molecule has 3 rings (SSSR count). The third-order valence-corrected chi connectivity index (χ3v) is 5.59. The average molecular weight is 322 g/mol. The second kappa shape index (κ2) is 6.57. The van der Waals surface area contributed by atoms with Crippen molar-refractivity contribution in [3.8, 4) is 17.2 Å². The summed E-state index contributed by atoms with van der Waals surface area (Å²) in [7, 11) is 4.92. The van der Waals surface area contributed by atoms with E-state index in [0.717, 1.165) is 43.5 Å². The Labute approximate surface area is 137 Å². The molecule has 1 aliphatic carbocycles. The van der Waals surface area contributed by atoms with Crippen molar-refractivity contribution in [2.45, 2.75) is 43.7 Å². The highest BCUT2D eigenvalue weighted by atomic mass is 16.5. The molecule has 1 aromatic rings. The lowest BCUT2D eigenvalue weighted by Crippen LogP contribution is -2.91. The van der Waals surface area contributed by atoms with Gasteiger partial charge in [0.15, 0.2) is 11.5 Å². The van der Waals surface area contributed by atoms with Gasteiger partial charge in [0.25, 0.3) is 0 Å². The molecule has 3 atom stereocenters. The zero-order valence-corrected chi connectivity index (χ0v) is 14.3. The van der Waals surface area contributed by atoms with Gasteiger partial charge in [-0.2, -0.15) is 0 Å². The van der Waals surface area contributed by atoms with E-state index in [2.05, 4.69) is 11.4 Å². The van der Waals surface area contributed by atoms with Crippen molar-refractivity contribution in [3.63, 3.8) is 0 Å². The third kappa shape index (κ3) is 2.76. The summed E-state index contributed by atoms with van der Waals surface area (Å²) in [5, 5.41) is 13.4. The highest BCUT2D eigenvalue weighted by molar-refractivity contribution is 5.56. The number of methoxy groups -OCH3 is 3. The predicted molar refractivity (Wildman–Crippen MR) is 87.2 cm³/mol. The van der Waals surface area contributed by atoms with Crippen molar-refractivity contribution in [2.75, 3.05) is 27.9 Å². The second-order valence-electron chi connectivity index (χ2n) is 6.68. The van der Waals surface area contributed by atoms with Gasteiger partial charge in [0.05, 0.1) is 39.0 Å². The van der Waals surface area contributed by atoms with E-state index in [1.807, 2.05) is 6.07 Å². The minimum atomic E-state index is -0.532. The van der Waals surface area contributed by atoms with E-state index in [1.54, 1.807) is 21.3 Å². The zero-order chi connectivity index (χ0) is 16.4. The Kier molecular flexibility index (Phi) is 4.69. The van der Waals surface area contributed by atoms with Crippen LogP contribution < -0.4 is 19.5 Å². The molecule has 0 aromatic heterocycles.